The van der Waals surface area contributed by atoms with Crippen LogP contribution in [0.1, 0.15) is 44.4 Å². The van der Waals surface area contributed by atoms with E-state index in [2.05, 4.69) is 49.9 Å². The number of rotatable bonds is 5. The Hall–Kier alpha value is -0.860. The third kappa shape index (κ3) is 4.32. The Kier molecular flexibility index (Phi) is 5.00. The van der Waals surface area contributed by atoms with Crippen molar-refractivity contribution in [3.63, 3.8) is 0 Å². The van der Waals surface area contributed by atoms with Gasteiger partial charge in [-0.05, 0) is 42.3 Å². The molecular weight excluding hydrogens is 232 g/mol. The molecule has 19 heavy (non-hydrogen) atoms. The van der Waals surface area contributed by atoms with E-state index in [9.17, 15) is 0 Å². The van der Waals surface area contributed by atoms with Crippen LogP contribution < -0.4 is 5.73 Å². The van der Waals surface area contributed by atoms with E-state index in [1.54, 1.807) is 0 Å². The largest absolute Gasteiger partial charge is 0.323 e. The maximum atomic E-state index is 6.33. The monoisotopic (exact) mass is 260 g/mol. The molecule has 1 aromatic carbocycles. The molecule has 2 rings (SSSR count). The Labute approximate surface area is 118 Å². The number of benzene rings is 1. The zero-order chi connectivity index (χ0) is 13.8. The molecule has 0 spiro atoms. The molecule has 1 saturated heterocycles. The minimum absolute atomic E-state index is 0.151. The highest BCUT2D eigenvalue weighted by Gasteiger charge is 2.20. The first-order valence-electron chi connectivity index (χ1n) is 7.61. The first kappa shape index (κ1) is 14.5. The van der Waals surface area contributed by atoms with Crippen LogP contribution in [0, 0.1) is 11.8 Å². The highest BCUT2D eigenvalue weighted by Crippen LogP contribution is 2.20. The Balaban J connectivity index is 1.90. The number of likely N-dealkylation sites (tertiary alicyclic amines) is 1. The molecule has 1 aliphatic heterocycles. The molecule has 2 heteroatoms. The predicted octanol–water partition coefficient (Wildman–Crippen LogP) is 3.23. The molecule has 1 heterocycles. The minimum Gasteiger partial charge on any atom is -0.323 e. The van der Waals surface area contributed by atoms with Crippen LogP contribution in [0.15, 0.2) is 24.3 Å². The van der Waals surface area contributed by atoms with Crippen LogP contribution in [0.5, 0.6) is 0 Å². The number of hydrogen-bond acceptors (Lipinski definition) is 2. The minimum atomic E-state index is 0.151. The third-order valence-corrected chi connectivity index (χ3v) is 4.01. The van der Waals surface area contributed by atoms with Crippen LogP contribution in [0.4, 0.5) is 0 Å². The van der Waals surface area contributed by atoms with Gasteiger partial charge in [-0.3, -0.25) is 0 Å². The summed E-state index contributed by atoms with van der Waals surface area (Å²) >= 11 is 0. The molecule has 0 saturated carbocycles. The Morgan fingerprint density at radius 3 is 2.47 bits per heavy atom. The zero-order valence-electron chi connectivity index (χ0n) is 12.6. The summed E-state index contributed by atoms with van der Waals surface area (Å²) in [6, 6.07) is 9.05. The molecule has 1 aromatic rings. The van der Waals surface area contributed by atoms with Crippen LogP contribution >= 0.6 is 0 Å². The summed E-state index contributed by atoms with van der Waals surface area (Å²) in [5, 5.41) is 0. The smallest absolute Gasteiger partial charge is 0.0424 e. The van der Waals surface area contributed by atoms with Gasteiger partial charge in [0.05, 0.1) is 0 Å². The van der Waals surface area contributed by atoms with E-state index in [-0.39, 0.29) is 6.04 Å². The maximum absolute atomic E-state index is 6.33. The summed E-state index contributed by atoms with van der Waals surface area (Å²) < 4.78 is 0. The van der Waals surface area contributed by atoms with Crippen molar-refractivity contribution in [1.29, 1.82) is 0 Å². The zero-order valence-corrected chi connectivity index (χ0v) is 12.6. The molecule has 2 unspecified atom stereocenters. The summed E-state index contributed by atoms with van der Waals surface area (Å²) in [6.07, 6.45) is 2.47. The Bertz CT molecular complexity index is 383. The van der Waals surface area contributed by atoms with Crippen molar-refractivity contribution in [3.05, 3.63) is 35.4 Å². The average molecular weight is 260 g/mol. The molecule has 2 N–H and O–H groups in total. The summed E-state index contributed by atoms with van der Waals surface area (Å²) in [6.45, 7) is 10.3. The van der Waals surface area contributed by atoms with Gasteiger partial charge in [0.1, 0.15) is 0 Å². The molecule has 106 valence electrons. The normalized spacial score (nSPS) is 22.1. The summed E-state index contributed by atoms with van der Waals surface area (Å²) in [5.41, 5.74) is 9.02. The van der Waals surface area contributed by atoms with Crippen molar-refractivity contribution in [1.82, 2.24) is 4.90 Å². The summed E-state index contributed by atoms with van der Waals surface area (Å²) in [4.78, 5) is 2.50. The number of hydrogen-bond donors (Lipinski definition) is 1. The first-order chi connectivity index (χ1) is 9.04. The quantitative estimate of drug-likeness (QED) is 0.880. The van der Waals surface area contributed by atoms with E-state index in [0.29, 0.717) is 5.92 Å². The molecule has 0 bridgehead atoms. The van der Waals surface area contributed by atoms with Gasteiger partial charge in [-0.2, -0.15) is 0 Å². The van der Waals surface area contributed by atoms with Crippen molar-refractivity contribution in [2.75, 3.05) is 19.6 Å². The Morgan fingerprint density at radius 1 is 1.26 bits per heavy atom. The van der Waals surface area contributed by atoms with Crippen molar-refractivity contribution < 1.29 is 0 Å². The molecule has 0 aliphatic carbocycles. The number of nitrogens with two attached hydrogens (primary N) is 1. The van der Waals surface area contributed by atoms with Crippen LogP contribution in [0.25, 0.3) is 0 Å². The van der Waals surface area contributed by atoms with Gasteiger partial charge in [0.25, 0.3) is 0 Å². The molecule has 1 aliphatic rings. The average Bonchev–Trinajstić information content (AvgIpc) is 2.75. The van der Waals surface area contributed by atoms with Crippen molar-refractivity contribution in [2.45, 2.75) is 39.7 Å². The van der Waals surface area contributed by atoms with Gasteiger partial charge >= 0.3 is 0 Å². The van der Waals surface area contributed by atoms with Gasteiger partial charge in [0.2, 0.25) is 0 Å². The topological polar surface area (TPSA) is 29.3 Å². The fourth-order valence-electron chi connectivity index (χ4n) is 2.95. The molecule has 2 nitrogen and oxygen atoms in total. The van der Waals surface area contributed by atoms with E-state index in [1.807, 2.05) is 0 Å². The van der Waals surface area contributed by atoms with Gasteiger partial charge in [0.15, 0.2) is 0 Å². The van der Waals surface area contributed by atoms with E-state index < -0.39 is 0 Å². The van der Waals surface area contributed by atoms with Gasteiger partial charge in [0, 0.05) is 19.1 Å². The summed E-state index contributed by atoms with van der Waals surface area (Å²) in [5.74, 6) is 1.55. The van der Waals surface area contributed by atoms with Crippen LogP contribution in [0.2, 0.25) is 0 Å². The van der Waals surface area contributed by atoms with Crippen LogP contribution in [0.3, 0.4) is 0 Å². The molecule has 2 atom stereocenters. The lowest BCUT2D eigenvalue weighted by Crippen LogP contribution is -2.30. The summed E-state index contributed by atoms with van der Waals surface area (Å²) in [7, 11) is 0. The fourth-order valence-corrected chi connectivity index (χ4v) is 2.95. The van der Waals surface area contributed by atoms with Gasteiger partial charge < -0.3 is 10.6 Å². The van der Waals surface area contributed by atoms with E-state index in [4.69, 9.17) is 5.73 Å². The van der Waals surface area contributed by atoms with E-state index in [0.717, 1.165) is 18.9 Å². The molecule has 0 amide bonds. The predicted molar refractivity (Wildman–Crippen MR) is 82.1 cm³/mol. The van der Waals surface area contributed by atoms with Gasteiger partial charge in [-0.25, -0.2) is 0 Å². The second-order valence-corrected chi connectivity index (χ2v) is 6.60. The molecular formula is C17H28N2. The molecule has 0 aromatic heterocycles. The standard InChI is InChI=1S/C17H28N2/c1-13(2)10-15-4-6-16(7-5-15)17(18)12-19-9-8-14(3)11-19/h4-7,13-14,17H,8-12,18H2,1-3H3. The van der Waals surface area contributed by atoms with Crippen LogP contribution in [-0.4, -0.2) is 24.5 Å². The van der Waals surface area contributed by atoms with Crippen molar-refractivity contribution in [2.24, 2.45) is 17.6 Å². The Morgan fingerprint density at radius 2 is 1.95 bits per heavy atom. The van der Waals surface area contributed by atoms with Crippen LogP contribution in [-0.2, 0) is 6.42 Å². The molecule has 1 fully saturated rings. The van der Waals surface area contributed by atoms with Crippen molar-refractivity contribution >= 4 is 0 Å². The second kappa shape index (κ2) is 6.53. The highest BCUT2D eigenvalue weighted by atomic mass is 15.2. The second-order valence-electron chi connectivity index (χ2n) is 6.60. The lowest BCUT2D eigenvalue weighted by atomic mass is 9.99. The number of nitrogens with zero attached hydrogens (tertiary/aromatic N) is 1. The van der Waals surface area contributed by atoms with E-state index >= 15 is 0 Å². The molecule has 0 radical (unpaired) electrons. The van der Waals surface area contributed by atoms with E-state index in [1.165, 1.54) is 30.6 Å². The first-order valence-corrected chi connectivity index (χ1v) is 7.61. The van der Waals surface area contributed by atoms with Crippen molar-refractivity contribution in [3.8, 4) is 0 Å². The lowest BCUT2D eigenvalue weighted by Gasteiger charge is -2.21. The lowest BCUT2D eigenvalue weighted by molar-refractivity contribution is 0.306. The van der Waals surface area contributed by atoms with Gasteiger partial charge in [-0.1, -0.05) is 45.0 Å². The fraction of sp³-hybridized carbons (Fsp3) is 0.647. The maximum Gasteiger partial charge on any atom is 0.0424 e. The SMILES string of the molecule is CC(C)Cc1ccc(C(N)CN2CCC(C)C2)cc1. The highest BCUT2D eigenvalue weighted by molar-refractivity contribution is 5.25. The third-order valence-electron chi connectivity index (χ3n) is 4.01. The van der Waals surface area contributed by atoms with Gasteiger partial charge in [-0.15, -0.1) is 0 Å².